The highest BCUT2D eigenvalue weighted by atomic mass is 32.2. The molecule has 0 amide bonds. The fourth-order valence-corrected chi connectivity index (χ4v) is 3.68. The first-order valence-electron chi connectivity index (χ1n) is 6.80. The van der Waals surface area contributed by atoms with Crippen LogP contribution >= 0.6 is 11.3 Å². The Balaban J connectivity index is 2.30. The average Bonchev–Trinajstić information content (AvgIpc) is 2.79. The molecular formula is C14H18N2O3S2. The minimum Gasteiger partial charge on any atom is -0.360 e. The maximum atomic E-state index is 11.7. The fraction of sp³-hybridized carbons (Fsp3) is 0.429. The summed E-state index contributed by atoms with van der Waals surface area (Å²) < 4.78 is 28.5. The van der Waals surface area contributed by atoms with Crippen LogP contribution < -0.4 is 4.18 Å². The summed E-state index contributed by atoms with van der Waals surface area (Å²) in [5.41, 5.74) is 1.90. The number of hydrogen-bond acceptors (Lipinski definition) is 6. The molecule has 0 fully saturated rings. The Labute approximate surface area is 129 Å². The first-order chi connectivity index (χ1) is 9.95. The number of hydrogen-bond donors (Lipinski definition) is 0. The second-order valence-corrected chi connectivity index (χ2v) is 7.51. The van der Waals surface area contributed by atoms with Gasteiger partial charge in [0.25, 0.3) is 0 Å². The second-order valence-electron chi connectivity index (χ2n) is 4.61. The average molecular weight is 326 g/mol. The minimum atomic E-state index is -3.56. The van der Waals surface area contributed by atoms with Crippen molar-refractivity contribution < 1.29 is 12.6 Å². The molecule has 2 aromatic heterocycles. The standard InChI is InChI=1S/C14H18N2O3S2/c1-4-8-21(17,18)19-13-10(3)20-14(16-13)11-6-7-15-12(5-2)9-11/h6-7,9H,4-5,8H2,1-3H3. The van der Waals surface area contributed by atoms with Gasteiger partial charge < -0.3 is 4.18 Å². The van der Waals surface area contributed by atoms with Crippen LogP contribution in [0, 0.1) is 6.92 Å². The maximum absolute atomic E-state index is 11.7. The van der Waals surface area contributed by atoms with Crippen molar-refractivity contribution in [3.8, 4) is 16.5 Å². The first kappa shape index (κ1) is 15.9. The lowest BCUT2D eigenvalue weighted by atomic mass is 10.2. The molecule has 0 aliphatic heterocycles. The van der Waals surface area contributed by atoms with E-state index in [-0.39, 0.29) is 11.6 Å². The highest BCUT2D eigenvalue weighted by molar-refractivity contribution is 7.87. The van der Waals surface area contributed by atoms with Gasteiger partial charge in [0.05, 0.1) is 10.6 Å². The Bertz CT molecular complexity index is 724. The van der Waals surface area contributed by atoms with Gasteiger partial charge in [-0.05, 0) is 31.9 Å². The Kier molecular flexibility index (Phi) is 4.95. The van der Waals surface area contributed by atoms with E-state index in [1.54, 1.807) is 20.0 Å². The Morgan fingerprint density at radius 1 is 1.33 bits per heavy atom. The molecule has 0 radical (unpaired) electrons. The third kappa shape index (κ3) is 4.01. The molecule has 0 N–H and O–H groups in total. The molecular weight excluding hydrogens is 308 g/mol. The van der Waals surface area contributed by atoms with E-state index >= 15 is 0 Å². The molecule has 7 heteroatoms. The highest BCUT2D eigenvalue weighted by Gasteiger charge is 2.18. The highest BCUT2D eigenvalue weighted by Crippen LogP contribution is 2.32. The molecule has 21 heavy (non-hydrogen) atoms. The molecule has 0 saturated carbocycles. The first-order valence-corrected chi connectivity index (χ1v) is 9.19. The van der Waals surface area contributed by atoms with E-state index in [9.17, 15) is 8.42 Å². The lowest BCUT2D eigenvalue weighted by Gasteiger charge is -2.03. The molecule has 5 nitrogen and oxygen atoms in total. The number of pyridine rings is 1. The number of aryl methyl sites for hydroxylation is 2. The van der Waals surface area contributed by atoms with E-state index in [1.165, 1.54) is 11.3 Å². The van der Waals surface area contributed by atoms with Crippen molar-refractivity contribution in [2.75, 3.05) is 5.75 Å². The molecule has 0 aliphatic rings. The summed E-state index contributed by atoms with van der Waals surface area (Å²) in [5, 5.41) is 0.742. The Hall–Kier alpha value is -1.47. The van der Waals surface area contributed by atoms with Crippen LogP contribution in [0.3, 0.4) is 0 Å². The van der Waals surface area contributed by atoms with Gasteiger partial charge in [-0.25, -0.2) is 4.98 Å². The quantitative estimate of drug-likeness (QED) is 0.763. The van der Waals surface area contributed by atoms with Gasteiger partial charge >= 0.3 is 10.1 Å². The third-order valence-corrected chi connectivity index (χ3v) is 5.16. The van der Waals surface area contributed by atoms with Crippen LogP contribution in [0.15, 0.2) is 18.3 Å². The van der Waals surface area contributed by atoms with Gasteiger partial charge in [-0.2, -0.15) is 8.42 Å². The molecule has 0 atom stereocenters. The maximum Gasteiger partial charge on any atom is 0.310 e. The smallest absolute Gasteiger partial charge is 0.310 e. The van der Waals surface area contributed by atoms with E-state index < -0.39 is 10.1 Å². The summed E-state index contributed by atoms with van der Waals surface area (Å²) in [6, 6.07) is 3.82. The van der Waals surface area contributed by atoms with Crippen molar-refractivity contribution in [3.63, 3.8) is 0 Å². The van der Waals surface area contributed by atoms with Crippen LogP contribution in [0.4, 0.5) is 0 Å². The summed E-state index contributed by atoms with van der Waals surface area (Å²) in [6.45, 7) is 5.63. The molecule has 0 saturated heterocycles. The zero-order valence-electron chi connectivity index (χ0n) is 12.3. The molecule has 2 rings (SSSR count). The van der Waals surface area contributed by atoms with Gasteiger partial charge in [0.1, 0.15) is 5.01 Å². The van der Waals surface area contributed by atoms with E-state index in [0.717, 1.165) is 27.6 Å². The van der Waals surface area contributed by atoms with Crippen molar-refractivity contribution in [3.05, 3.63) is 28.9 Å². The minimum absolute atomic E-state index is 0.00542. The van der Waals surface area contributed by atoms with Gasteiger partial charge in [-0.3, -0.25) is 4.98 Å². The predicted octanol–water partition coefficient (Wildman–Crippen LogP) is 3.19. The predicted molar refractivity (Wildman–Crippen MR) is 84.2 cm³/mol. The van der Waals surface area contributed by atoms with E-state index in [1.807, 2.05) is 19.1 Å². The van der Waals surface area contributed by atoms with Gasteiger partial charge in [0, 0.05) is 17.5 Å². The topological polar surface area (TPSA) is 69.2 Å². The number of rotatable bonds is 6. The number of thiazole rings is 1. The summed E-state index contributed by atoms with van der Waals surface area (Å²) in [4.78, 5) is 9.31. The third-order valence-electron chi connectivity index (χ3n) is 2.84. The van der Waals surface area contributed by atoms with Gasteiger partial charge in [-0.1, -0.05) is 13.8 Å². The molecule has 2 heterocycles. The summed E-state index contributed by atoms with van der Waals surface area (Å²) in [7, 11) is -3.56. The number of nitrogens with zero attached hydrogens (tertiary/aromatic N) is 2. The molecule has 0 aromatic carbocycles. The van der Waals surface area contributed by atoms with Crippen molar-refractivity contribution in [2.24, 2.45) is 0 Å². The molecule has 0 aliphatic carbocycles. The van der Waals surface area contributed by atoms with E-state index in [0.29, 0.717) is 6.42 Å². The van der Waals surface area contributed by atoms with Crippen molar-refractivity contribution in [1.82, 2.24) is 9.97 Å². The van der Waals surface area contributed by atoms with E-state index in [4.69, 9.17) is 4.18 Å². The fourth-order valence-electron chi connectivity index (χ4n) is 1.80. The lowest BCUT2D eigenvalue weighted by Crippen LogP contribution is -2.13. The Morgan fingerprint density at radius 3 is 2.76 bits per heavy atom. The van der Waals surface area contributed by atoms with Crippen LogP contribution in [0.5, 0.6) is 5.88 Å². The molecule has 2 aromatic rings. The Morgan fingerprint density at radius 2 is 2.10 bits per heavy atom. The summed E-state index contributed by atoms with van der Waals surface area (Å²) >= 11 is 1.42. The van der Waals surface area contributed by atoms with Gasteiger partial charge in [0.2, 0.25) is 5.88 Å². The van der Waals surface area contributed by atoms with Crippen LogP contribution in [0.1, 0.15) is 30.8 Å². The molecule has 0 spiro atoms. The van der Waals surface area contributed by atoms with Crippen molar-refractivity contribution in [2.45, 2.75) is 33.6 Å². The second kappa shape index (κ2) is 6.53. The number of aromatic nitrogens is 2. The zero-order valence-corrected chi connectivity index (χ0v) is 13.9. The van der Waals surface area contributed by atoms with Crippen LogP contribution in [0.2, 0.25) is 0 Å². The van der Waals surface area contributed by atoms with Gasteiger partial charge in [0.15, 0.2) is 0 Å². The normalized spacial score (nSPS) is 11.6. The molecule has 114 valence electrons. The summed E-state index contributed by atoms with van der Waals surface area (Å²) in [6.07, 6.45) is 3.09. The van der Waals surface area contributed by atoms with E-state index in [2.05, 4.69) is 9.97 Å². The van der Waals surface area contributed by atoms with Crippen molar-refractivity contribution in [1.29, 1.82) is 0 Å². The largest absolute Gasteiger partial charge is 0.360 e. The SMILES string of the molecule is CCCS(=O)(=O)Oc1nc(-c2ccnc(CC)c2)sc1C. The van der Waals surface area contributed by atoms with Crippen LogP contribution in [-0.4, -0.2) is 24.1 Å². The summed E-state index contributed by atoms with van der Waals surface area (Å²) in [5.74, 6) is 0.174. The van der Waals surface area contributed by atoms with Crippen LogP contribution in [-0.2, 0) is 16.5 Å². The molecule has 0 unspecified atom stereocenters. The van der Waals surface area contributed by atoms with Crippen molar-refractivity contribution >= 4 is 21.5 Å². The lowest BCUT2D eigenvalue weighted by molar-refractivity contribution is 0.475. The van der Waals surface area contributed by atoms with Gasteiger partial charge in [-0.15, -0.1) is 11.3 Å². The zero-order chi connectivity index (χ0) is 15.5. The molecule has 0 bridgehead atoms. The van der Waals surface area contributed by atoms with Crippen LogP contribution in [0.25, 0.3) is 10.6 Å². The monoisotopic (exact) mass is 326 g/mol.